The van der Waals surface area contributed by atoms with Crippen molar-refractivity contribution in [3.05, 3.63) is 35.4 Å². The predicted molar refractivity (Wildman–Crippen MR) is 127 cm³/mol. The number of hydrogen-bond acceptors (Lipinski definition) is 4. The Hall–Kier alpha value is -1.85. The number of anilines is 1. The summed E-state index contributed by atoms with van der Waals surface area (Å²) >= 11 is 0. The molecule has 2 saturated carbocycles. The van der Waals surface area contributed by atoms with E-state index in [1.165, 1.54) is 62.0 Å². The van der Waals surface area contributed by atoms with Crippen LogP contribution in [0.1, 0.15) is 62.6 Å². The monoisotopic (exact) mass is 422 g/mol. The van der Waals surface area contributed by atoms with E-state index >= 15 is 0 Å². The highest BCUT2D eigenvalue weighted by molar-refractivity contribution is 5.83. The van der Waals surface area contributed by atoms with Crippen molar-refractivity contribution in [1.82, 2.24) is 15.5 Å². The first-order valence-corrected chi connectivity index (χ1v) is 12.3. The highest BCUT2D eigenvalue weighted by Gasteiger charge is 2.47. The minimum Gasteiger partial charge on any atom is -0.371 e. The molecule has 1 aromatic carbocycles. The Labute approximate surface area is 187 Å². The van der Waals surface area contributed by atoms with Gasteiger partial charge < -0.3 is 20.4 Å². The minimum atomic E-state index is -0.00787. The van der Waals surface area contributed by atoms with Crippen LogP contribution in [0.25, 0.3) is 6.08 Å². The molecule has 1 aromatic rings. The first-order valence-electron chi connectivity index (χ1n) is 12.3. The number of rotatable bonds is 7. The zero-order valence-corrected chi connectivity index (χ0v) is 19.3. The molecule has 2 saturated heterocycles. The molecule has 0 aromatic heterocycles. The fraction of sp³-hybridized carbons (Fsp3) is 0.654. The zero-order chi connectivity index (χ0) is 21.5. The van der Waals surface area contributed by atoms with Crippen molar-refractivity contribution in [2.45, 2.75) is 69.6 Å². The molecule has 4 aliphatic rings. The number of carbonyl (C=O) groups excluding carboxylic acids is 1. The van der Waals surface area contributed by atoms with E-state index in [0.29, 0.717) is 12.1 Å². The number of benzene rings is 1. The average molecular weight is 423 g/mol. The molecular weight excluding hydrogens is 384 g/mol. The molecule has 4 fully saturated rings. The summed E-state index contributed by atoms with van der Waals surface area (Å²) in [5, 5.41) is 6.76. The van der Waals surface area contributed by atoms with E-state index in [1.807, 2.05) is 0 Å². The van der Waals surface area contributed by atoms with Gasteiger partial charge in [-0.3, -0.25) is 4.79 Å². The van der Waals surface area contributed by atoms with Crippen LogP contribution in [0.15, 0.2) is 24.3 Å². The third kappa shape index (κ3) is 4.83. The Kier molecular flexibility index (Phi) is 5.82. The third-order valence-corrected chi connectivity index (χ3v) is 7.90. The van der Waals surface area contributed by atoms with Crippen molar-refractivity contribution in [1.29, 1.82) is 0 Å². The van der Waals surface area contributed by atoms with E-state index in [4.69, 9.17) is 0 Å². The van der Waals surface area contributed by atoms with Gasteiger partial charge in [0.2, 0.25) is 5.91 Å². The summed E-state index contributed by atoms with van der Waals surface area (Å²) in [6.45, 7) is 4.46. The second-order valence-corrected chi connectivity index (χ2v) is 10.4. The Morgan fingerprint density at radius 3 is 2.68 bits per heavy atom. The van der Waals surface area contributed by atoms with Crippen LogP contribution >= 0.6 is 0 Å². The molecule has 0 radical (unpaired) electrons. The zero-order valence-electron chi connectivity index (χ0n) is 19.3. The number of fused-ring (bicyclic) bond motifs is 1. The number of amides is 1. The maximum atomic E-state index is 12.8. The van der Waals surface area contributed by atoms with Crippen LogP contribution in [0.4, 0.5) is 5.69 Å². The van der Waals surface area contributed by atoms with Gasteiger partial charge in [-0.25, -0.2) is 0 Å². The van der Waals surface area contributed by atoms with Crippen LogP contribution in [0, 0.1) is 11.8 Å². The lowest BCUT2D eigenvalue weighted by atomic mass is 9.97. The van der Waals surface area contributed by atoms with E-state index in [1.54, 1.807) is 0 Å². The summed E-state index contributed by atoms with van der Waals surface area (Å²) in [6, 6.07) is 8.00. The van der Waals surface area contributed by atoms with E-state index in [9.17, 15) is 4.79 Å². The van der Waals surface area contributed by atoms with Crippen LogP contribution in [-0.2, 0) is 4.79 Å². The van der Waals surface area contributed by atoms with E-state index in [2.05, 4.69) is 71.8 Å². The van der Waals surface area contributed by atoms with Crippen molar-refractivity contribution in [2.75, 3.05) is 32.1 Å². The number of nitrogens with zero attached hydrogens (tertiary/aromatic N) is 2. The number of piperidine rings is 2. The van der Waals surface area contributed by atoms with Gasteiger partial charge >= 0.3 is 0 Å². The van der Waals surface area contributed by atoms with Crippen LogP contribution in [0.5, 0.6) is 0 Å². The third-order valence-electron chi connectivity index (χ3n) is 7.90. The first kappa shape index (κ1) is 21.0. The van der Waals surface area contributed by atoms with Crippen molar-refractivity contribution < 1.29 is 4.79 Å². The largest absolute Gasteiger partial charge is 0.371 e. The fourth-order valence-corrected chi connectivity index (χ4v) is 5.36. The SMILES string of the molecule is C[C@H](NC(=O)[C@@H]1C[C@@H]2C[C@@H]2N1)c1ccc(N(C)C2CCN(C)CC2)cc1/C=C/C1CC1. The summed E-state index contributed by atoms with van der Waals surface area (Å²) in [6.07, 6.45) is 11.9. The summed E-state index contributed by atoms with van der Waals surface area (Å²) in [7, 11) is 4.45. The van der Waals surface area contributed by atoms with Gasteiger partial charge in [-0.1, -0.05) is 18.2 Å². The van der Waals surface area contributed by atoms with Crippen molar-refractivity contribution >= 4 is 17.7 Å². The Morgan fingerprint density at radius 2 is 2.00 bits per heavy atom. The van der Waals surface area contributed by atoms with Crippen LogP contribution < -0.4 is 15.5 Å². The van der Waals surface area contributed by atoms with Gasteiger partial charge in [-0.05, 0) is 101 Å². The lowest BCUT2D eigenvalue weighted by Gasteiger charge is -2.36. The van der Waals surface area contributed by atoms with Gasteiger partial charge in [0.25, 0.3) is 0 Å². The van der Waals surface area contributed by atoms with E-state index < -0.39 is 0 Å². The summed E-state index contributed by atoms with van der Waals surface area (Å²) in [5.41, 5.74) is 3.75. The quantitative estimate of drug-likeness (QED) is 0.705. The molecule has 0 bridgehead atoms. The summed E-state index contributed by atoms with van der Waals surface area (Å²) < 4.78 is 0. The van der Waals surface area contributed by atoms with Gasteiger partial charge in [0.1, 0.15) is 0 Å². The second kappa shape index (κ2) is 8.59. The number of carbonyl (C=O) groups is 1. The molecule has 2 aliphatic carbocycles. The fourth-order valence-electron chi connectivity index (χ4n) is 5.36. The minimum absolute atomic E-state index is 0.00719. The molecule has 5 heteroatoms. The highest BCUT2D eigenvalue weighted by atomic mass is 16.2. The van der Waals surface area contributed by atoms with Crippen LogP contribution in [-0.4, -0.2) is 56.1 Å². The number of nitrogens with one attached hydrogen (secondary N) is 2. The van der Waals surface area contributed by atoms with E-state index in [-0.39, 0.29) is 18.0 Å². The molecule has 2 aliphatic heterocycles. The molecule has 2 N–H and O–H groups in total. The van der Waals surface area contributed by atoms with Crippen molar-refractivity contribution in [3.8, 4) is 0 Å². The molecule has 1 amide bonds. The molecule has 5 rings (SSSR count). The van der Waals surface area contributed by atoms with E-state index in [0.717, 1.165) is 18.3 Å². The standard InChI is InChI=1S/C26H38N4O/c1-17(27-26(31)25-16-20-15-24(20)28-25)23-9-8-22(14-19(23)7-6-18-4-5-18)30(3)21-10-12-29(2)13-11-21/h6-9,14,17-18,20-21,24-25,28H,4-5,10-13,15-16H2,1-3H3,(H,27,31)/b7-6+/t17-,20-,24-,25-/m0/s1. The number of allylic oxidation sites excluding steroid dienone is 1. The van der Waals surface area contributed by atoms with Crippen LogP contribution in [0.3, 0.4) is 0 Å². The topological polar surface area (TPSA) is 47.6 Å². The summed E-state index contributed by atoms with van der Waals surface area (Å²) in [5.74, 6) is 1.63. The summed E-state index contributed by atoms with van der Waals surface area (Å²) in [4.78, 5) is 17.7. The molecule has 168 valence electrons. The maximum absolute atomic E-state index is 12.8. The Balaban J connectivity index is 1.31. The predicted octanol–water partition coefficient (Wildman–Crippen LogP) is 3.57. The molecule has 4 atom stereocenters. The molecule has 2 heterocycles. The maximum Gasteiger partial charge on any atom is 0.237 e. The smallest absolute Gasteiger partial charge is 0.237 e. The lowest BCUT2D eigenvalue weighted by Crippen LogP contribution is -2.43. The second-order valence-electron chi connectivity index (χ2n) is 10.4. The number of likely N-dealkylation sites (tertiary alicyclic amines) is 1. The molecule has 0 spiro atoms. The Bertz CT molecular complexity index is 830. The first-order chi connectivity index (χ1) is 15.0. The Morgan fingerprint density at radius 1 is 1.23 bits per heavy atom. The normalized spacial score (nSPS) is 29.7. The molecule has 0 unspecified atom stereocenters. The molecule has 5 nitrogen and oxygen atoms in total. The van der Waals surface area contributed by atoms with Gasteiger partial charge in [0, 0.05) is 24.8 Å². The van der Waals surface area contributed by atoms with Gasteiger partial charge in [-0.2, -0.15) is 0 Å². The molecule has 31 heavy (non-hydrogen) atoms. The highest BCUT2D eigenvalue weighted by Crippen LogP contribution is 2.41. The van der Waals surface area contributed by atoms with Gasteiger partial charge in [0.05, 0.1) is 12.1 Å². The lowest BCUT2D eigenvalue weighted by molar-refractivity contribution is -0.123. The van der Waals surface area contributed by atoms with Crippen LogP contribution in [0.2, 0.25) is 0 Å². The van der Waals surface area contributed by atoms with Crippen molar-refractivity contribution in [2.24, 2.45) is 11.8 Å². The van der Waals surface area contributed by atoms with Gasteiger partial charge in [-0.15, -0.1) is 0 Å². The number of hydrogen-bond donors (Lipinski definition) is 2. The van der Waals surface area contributed by atoms with Crippen molar-refractivity contribution in [3.63, 3.8) is 0 Å². The molecular formula is C26H38N4O. The van der Waals surface area contributed by atoms with Gasteiger partial charge in [0.15, 0.2) is 0 Å². The average Bonchev–Trinajstić information content (AvgIpc) is 3.70.